The second-order valence-electron chi connectivity index (χ2n) is 6.76. The Hall–Kier alpha value is -3.50. The van der Waals surface area contributed by atoms with Gasteiger partial charge in [0, 0.05) is 46.8 Å². The number of anilines is 4. The van der Waals surface area contributed by atoms with Crippen LogP contribution in [0.15, 0.2) is 53.4 Å². The smallest absolute Gasteiger partial charge is 0.238 e. The molecule has 0 bridgehead atoms. The minimum atomic E-state index is -4.02. The van der Waals surface area contributed by atoms with E-state index in [4.69, 9.17) is 16.1 Å². The first kappa shape index (κ1) is 13.0. The predicted molar refractivity (Wildman–Crippen MR) is 121 cm³/mol. The number of nitrogens with two attached hydrogens (primary N) is 1. The van der Waals surface area contributed by atoms with Gasteiger partial charge < -0.3 is 10.2 Å². The summed E-state index contributed by atoms with van der Waals surface area (Å²) in [5, 5.41) is 12.1. The van der Waals surface area contributed by atoms with Crippen molar-refractivity contribution in [1.82, 2.24) is 19.7 Å². The van der Waals surface area contributed by atoms with Crippen LogP contribution in [0.3, 0.4) is 0 Å². The molecule has 3 N–H and O–H groups in total. The van der Waals surface area contributed by atoms with Crippen molar-refractivity contribution in [3.63, 3.8) is 0 Å². The first-order chi connectivity index (χ1) is 17.9. The van der Waals surface area contributed by atoms with Crippen LogP contribution in [-0.2, 0) is 17.0 Å². The molecule has 4 rings (SSSR count). The number of hydrogen-bond donors (Lipinski definition) is 2. The van der Waals surface area contributed by atoms with Gasteiger partial charge in [0.05, 0.1) is 17.3 Å². The average Bonchev–Trinajstić information content (AvgIpc) is 3.18. The van der Waals surface area contributed by atoms with Crippen LogP contribution in [0.5, 0.6) is 0 Å². The maximum Gasteiger partial charge on any atom is 0.238 e. The van der Waals surface area contributed by atoms with Gasteiger partial charge in [-0.05, 0) is 55.7 Å². The summed E-state index contributed by atoms with van der Waals surface area (Å²) in [6.07, 6.45) is -0.513. The fourth-order valence-electron chi connectivity index (χ4n) is 2.89. The molecule has 0 amide bonds. The highest BCUT2D eigenvalue weighted by Crippen LogP contribution is 2.28. The molecule has 31 heavy (non-hydrogen) atoms. The Morgan fingerprint density at radius 2 is 2.06 bits per heavy atom. The van der Waals surface area contributed by atoms with E-state index in [2.05, 4.69) is 20.4 Å². The van der Waals surface area contributed by atoms with Gasteiger partial charge in [-0.2, -0.15) is 10.1 Å². The maximum atomic E-state index is 11.9. The predicted octanol–water partition coefficient (Wildman–Crippen LogP) is 3.14. The molecular weight excluding hydrogens is 414 g/mol. The summed E-state index contributed by atoms with van der Waals surface area (Å²) < 4.78 is 89.8. The molecule has 0 radical (unpaired) electrons. The third-order valence-corrected chi connectivity index (χ3v) is 5.66. The summed E-state index contributed by atoms with van der Waals surface area (Å²) >= 11 is 0. The molecule has 0 aliphatic rings. The van der Waals surface area contributed by atoms with Gasteiger partial charge in [0.25, 0.3) is 0 Å². The molecule has 0 unspecified atom stereocenters. The Balaban J connectivity index is 1.85. The van der Waals surface area contributed by atoms with Gasteiger partial charge in [-0.15, -0.1) is 0 Å². The lowest BCUT2D eigenvalue weighted by molar-refractivity contribution is 0.597. The van der Waals surface area contributed by atoms with Gasteiger partial charge in [-0.25, -0.2) is 18.5 Å². The van der Waals surface area contributed by atoms with E-state index in [9.17, 15) is 8.42 Å². The zero-order valence-electron chi connectivity index (χ0n) is 24.8. The molecule has 2 aromatic heterocycles. The lowest BCUT2D eigenvalue weighted by atomic mass is 10.2. The number of aromatic nitrogens is 4. The van der Waals surface area contributed by atoms with E-state index in [1.807, 2.05) is 0 Å². The quantitative estimate of drug-likeness (QED) is 0.484. The fourth-order valence-corrected chi connectivity index (χ4v) is 3.70. The third kappa shape index (κ3) is 4.07. The summed E-state index contributed by atoms with van der Waals surface area (Å²) in [7, 11) is -2.65. The van der Waals surface area contributed by atoms with Crippen molar-refractivity contribution in [3.05, 3.63) is 59.8 Å². The van der Waals surface area contributed by atoms with E-state index < -0.39 is 35.3 Å². The topological polar surface area (TPSA) is 119 Å². The zero-order valence-corrected chi connectivity index (χ0v) is 17.6. The first-order valence-corrected chi connectivity index (χ1v) is 10.5. The number of rotatable bonds is 5. The lowest BCUT2D eigenvalue weighted by Crippen LogP contribution is -2.14. The number of benzene rings is 2. The Morgan fingerprint density at radius 1 is 1.26 bits per heavy atom. The molecule has 0 saturated carbocycles. The number of hydrogen-bond acceptors (Lipinski definition) is 7. The number of sulfonamides is 1. The number of aryl methyl sites for hydroxylation is 3. The lowest BCUT2D eigenvalue weighted by Gasteiger charge is -2.19. The van der Waals surface area contributed by atoms with E-state index in [1.54, 1.807) is 13.0 Å². The third-order valence-electron chi connectivity index (χ3n) is 4.60. The zero-order chi connectivity index (χ0) is 29.2. The van der Waals surface area contributed by atoms with Gasteiger partial charge in [0.15, 0.2) is 0 Å². The summed E-state index contributed by atoms with van der Waals surface area (Å²) in [4.78, 5) is 9.18. The molecule has 10 heteroatoms. The number of fused-ring (bicyclic) bond motifs is 1. The Morgan fingerprint density at radius 3 is 2.81 bits per heavy atom. The van der Waals surface area contributed by atoms with Crippen molar-refractivity contribution >= 4 is 44.1 Å². The van der Waals surface area contributed by atoms with Crippen molar-refractivity contribution in [2.75, 3.05) is 17.3 Å². The summed E-state index contributed by atoms with van der Waals surface area (Å²) in [5.41, 5.74) is 0.444. The van der Waals surface area contributed by atoms with Crippen LogP contribution >= 0.6 is 0 Å². The Labute approximate surface area is 191 Å². The van der Waals surface area contributed by atoms with Crippen LogP contribution in [0, 0.1) is 13.8 Å². The normalized spacial score (nSPS) is 15.7. The Kier molecular flexibility index (Phi) is 3.21. The van der Waals surface area contributed by atoms with E-state index >= 15 is 0 Å². The van der Waals surface area contributed by atoms with Crippen LogP contribution in [0.4, 0.5) is 23.1 Å². The molecule has 2 aromatic carbocycles. The fraction of sp³-hybridized carbons (Fsp3) is 0.190. The van der Waals surface area contributed by atoms with Crippen LogP contribution in [0.25, 0.3) is 10.9 Å². The molecule has 0 saturated heterocycles. The highest BCUT2D eigenvalue weighted by Gasteiger charge is 2.14. The molecule has 0 fully saturated rings. The van der Waals surface area contributed by atoms with Crippen molar-refractivity contribution in [2.45, 2.75) is 18.7 Å². The van der Waals surface area contributed by atoms with Crippen LogP contribution < -0.4 is 15.4 Å². The summed E-state index contributed by atoms with van der Waals surface area (Å²) in [6, 6.07) is 2.71. The first-order valence-electron chi connectivity index (χ1n) is 12.9. The van der Waals surface area contributed by atoms with Gasteiger partial charge >= 0.3 is 0 Å². The van der Waals surface area contributed by atoms with E-state index in [0.29, 0.717) is 5.56 Å². The molecule has 9 nitrogen and oxygen atoms in total. The largest absolute Gasteiger partial charge is 0.329 e. The minimum Gasteiger partial charge on any atom is -0.329 e. The monoisotopic (exact) mass is 445 g/mol. The molecule has 2 heterocycles. The Bertz CT molecular complexity index is 1760. The maximum absolute atomic E-state index is 11.9. The van der Waals surface area contributed by atoms with E-state index in [0.717, 1.165) is 9.58 Å². The molecule has 4 aromatic rings. The van der Waals surface area contributed by atoms with Crippen LogP contribution in [0.2, 0.25) is 0 Å². The SMILES string of the molecule is [2H]c1nc(Nc2ccc(C)c(S(N)(=O)=O)c2)nc(N(C)c2c([2H])c([2H])c3c(C)n(C([2H])([2H])[2H])nc3c2[2H])c1[2H]. The molecule has 0 atom stereocenters. The summed E-state index contributed by atoms with van der Waals surface area (Å²) in [6.45, 7) is 0.336. The molecule has 0 aliphatic heterocycles. The van der Waals surface area contributed by atoms with Crippen molar-refractivity contribution in [3.8, 4) is 0 Å². The molecule has 0 spiro atoms. The molecule has 0 aliphatic carbocycles. The van der Waals surface area contributed by atoms with Crippen molar-refractivity contribution < 1.29 is 19.4 Å². The van der Waals surface area contributed by atoms with Gasteiger partial charge in [0.2, 0.25) is 16.0 Å². The van der Waals surface area contributed by atoms with E-state index in [-0.39, 0.29) is 56.7 Å². The summed E-state index contributed by atoms with van der Waals surface area (Å²) in [5.74, 6) is -0.390. The number of nitrogens with one attached hydrogen (secondary N) is 1. The standard InChI is InChI=1S/C21H23N7O2S/c1-13-5-6-15(11-19(13)31(22,29)30)24-21-23-10-9-20(25-21)27(3)16-7-8-17-14(2)28(4)26-18(17)12-16/h5-12H,1-4H3,(H2,22,29,30)(H,23,24,25)/i4D3,7D,8D,9D,10D,12D. The highest BCUT2D eigenvalue weighted by atomic mass is 32.2. The van der Waals surface area contributed by atoms with Gasteiger partial charge in [0.1, 0.15) is 5.82 Å². The van der Waals surface area contributed by atoms with Crippen molar-refractivity contribution in [1.29, 1.82) is 0 Å². The molecule has 160 valence electrons. The number of nitrogens with zero attached hydrogens (tertiary/aromatic N) is 5. The number of primary sulfonamides is 1. The minimum absolute atomic E-state index is 0.0422. The average molecular weight is 446 g/mol. The van der Waals surface area contributed by atoms with Crippen LogP contribution in [-0.4, -0.2) is 35.2 Å². The second-order valence-corrected chi connectivity index (χ2v) is 8.29. The van der Waals surface area contributed by atoms with Gasteiger partial charge in [-0.3, -0.25) is 4.68 Å². The van der Waals surface area contributed by atoms with Crippen LogP contribution in [0.1, 0.15) is 22.2 Å². The van der Waals surface area contributed by atoms with Crippen molar-refractivity contribution in [2.24, 2.45) is 12.1 Å². The second kappa shape index (κ2) is 7.64. The molecular formula is C21H23N7O2S. The van der Waals surface area contributed by atoms with Gasteiger partial charge in [-0.1, -0.05) is 6.07 Å². The highest BCUT2D eigenvalue weighted by molar-refractivity contribution is 7.89. The van der Waals surface area contributed by atoms with E-state index in [1.165, 1.54) is 26.1 Å².